The molecule has 2 unspecified atom stereocenters. The third kappa shape index (κ3) is 4.14. The molecule has 132 valence electrons. The zero-order valence-electron chi connectivity index (χ0n) is 14.5. The predicted molar refractivity (Wildman–Crippen MR) is 93.1 cm³/mol. The zero-order chi connectivity index (χ0) is 16.9. The lowest BCUT2D eigenvalue weighted by atomic mass is 9.95. The number of halogens is 1. The second kappa shape index (κ2) is 8.08. The van der Waals surface area contributed by atoms with Crippen LogP contribution in [0.2, 0.25) is 0 Å². The minimum atomic E-state index is -0.191. The van der Waals surface area contributed by atoms with Crippen LogP contribution in [-0.2, 0) is 11.3 Å². The van der Waals surface area contributed by atoms with Crippen molar-refractivity contribution < 1.29 is 9.18 Å². The van der Waals surface area contributed by atoms with E-state index in [1.54, 1.807) is 12.1 Å². The Morgan fingerprint density at radius 2 is 2.12 bits per heavy atom. The summed E-state index contributed by atoms with van der Waals surface area (Å²) in [6, 6.07) is 7.12. The summed E-state index contributed by atoms with van der Waals surface area (Å²) in [5.74, 6) is 0.213. The van der Waals surface area contributed by atoms with Gasteiger partial charge in [0.05, 0.1) is 5.92 Å². The quantitative estimate of drug-likeness (QED) is 0.898. The number of carbonyl (C=O) groups is 1. The first-order chi connectivity index (χ1) is 11.7. The number of hydrogen-bond donors (Lipinski definition) is 1. The van der Waals surface area contributed by atoms with E-state index >= 15 is 0 Å². The Morgan fingerprint density at radius 1 is 1.29 bits per heavy atom. The molecule has 2 aliphatic rings. The van der Waals surface area contributed by atoms with Gasteiger partial charge in [-0.1, -0.05) is 12.1 Å². The normalized spacial score (nSPS) is 25.2. The summed E-state index contributed by atoms with van der Waals surface area (Å²) in [4.78, 5) is 17.3. The molecule has 4 nitrogen and oxygen atoms in total. The Balaban J connectivity index is 1.59. The summed E-state index contributed by atoms with van der Waals surface area (Å²) in [6.07, 6.45) is 4.22. The molecule has 1 amide bonds. The molecule has 2 heterocycles. The predicted octanol–water partition coefficient (Wildman–Crippen LogP) is 2.25. The van der Waals surface area contributed by atoms with E-state index in [-0.39, 0.29) is 11.7 Å². The van der Waals surface area contributed by atoms with Gasteiger partial charge in [-0.2, -0.15) is 0 Å². The van der Waals surface area contributed by atoms with Crippen LogP contribution in [0.4, 0.5) is 4.39 Å². The Hall–Kier alpha value is -1.46. The molecule has 2 aliphatic heterocycles. The first-order valence-corrected chi connectivity index (χ1v) is 9.09. The number of likely N-dealkylation sites (N-methyl/N-ethyl adjacent to an activating group) is 1. The average molecular weight is 333 g/mol. The van der Waals surface area contributed by atoms with E-state index in [1.165, 1.54) is 6.07 Å². The molecule has 1 aromatic rings. The summed E-state index contributed by atoms with van der Waals surface area (Å²) in [5, 5.41) is 3.20. The number of amides is 1. The molecule has 2 saturated heterocycles. The molecule has 1 aromatic carbocycles. The number of benzene rings is 1. The first-order valence-electron chi connectivity index (χ1n) is 9.09. The maximum atomic E-state index is 13.4. The van der Waals surface area contributed by atoms with E-state index in [2.05, 4.69) is 15.1 Å². The highest BCUT2D eigenvalue weighted by molar-refractivity contribution is 5.79. The van der Waals surface area contributed by atoms with Gasteiger partial charge in [-0.15, -0.1) is 0 Å². The van der Waals surface area contributed by atoms with E-state index in [0.29, 0.717) is 11.9 Å². The molecule has 0 aliphatic carbocycles. The Bertz CT molecular complexity index is 565. The van der Waals surface area contributed by atoms with Gasteiger partial charge in [-0.3, -0.25) is 9.69 Å². The van der Waals surface area contributed by atoms with Crippen LogP contribution in [0.25, 0.3) is 0 Å². The monoisotopic (exact) mass is 333 g/mol. The molecule has 1 N–H and O–H groups in total. The van der Waals surface area contributed by atoms with Crippen molar-refractivity contribution in [2.45, 2.75) is 38.3 Å². The smallest absolute Gasteiger partial charge is 0.227 e. The second-order valence-corrected chi connectivity index (χ2v) is 7.09. The van der Waals surface area contributed by atoms with Gasteiger partial charge in [-0.05, 0) is 57.0 Å². The number of carbonyl (C=O) groups excluding carboxylic acids is 1. The zero-order valence-corrected chi connectivity index (χ0v) is 14.5. The van der Waals surface area contributed by atoms with Gasteiger partial charge < -0.3 is 10.2 Å². The van der Waals surface area contributed by atoms with Gasteiger partial charge in [0.15, 0.2) is 0 Å². The lowest BCUT2D eigenvalue weighted by Crippen LogP contribution is -2.48. The van der Waals surface area contributed by atoms with E-state index < -0.39 is 0 Å². The van der Waals surface area contributed by atoms with Crippen LogP contribution in [0.15, 0.2) is 24.3 Å². The summed E-state index contributed by atoms with van der Waals surface area (Å²) >= 11 is 0. The third-order valence-electron chi connectivity index (χ3n) is 5.25. The van der Waals surface area contributed by atoms with Crippen molar-refractivity contribution in [3.8, 4) is 0 Å². The molecule has 0 spiro atoms. The summed E-state index contributed by atoms with van der Waals surface area (Å²) in [7, 11) is 1.95. The third-order valence-corrected chi connectivity index (χ3v) is 5.25. The van der Waals surface area contributed by atoms with E-state index in [4.69, 9.17) is 0 Å². The van der Waals surface area contributed by atoms with Crippen molar-refractivity contribution in [2.75, 3.05) is 33.2 Å². The average Bonchev–Trinajstić information content (AvgIpc) is 3.03. The van der Waals surface area contributed by atoms with Crippen molar-refractivity contribution in [1.82, 2.24) is 15.1 Å². The topological polar surface area (TPSA) is 35.6 Å². The molecule has 2 atom stereocenters. The fraction of sp³-hybridized carbons (Fsp3) is 0.632. The summed E-state index contributed by atoms with van der Waals surface area (Å²) < 4.78 is 13.4. The Labute approximate surface area is 144 Å². The van der Waals surface area contributed by atoms with Crippen LogP contribution in [0.5, 0.6) is 0 Å². The highest BCUT2D eigenvalue weighted by Crippen LogP contribution is 2.25. The Kier molecular flexibility index (Phi) is 5.85. The van der Waals surface area contributed by atoms with Crippen molar-refractivity contribution in [3.63, 3.8) is 0 Å². The minimum absolute atomic E-state index is 0.0877. The summed E-state index contributed by atoms with van der Waals surface area (Å²) in [6.45, 7) is 4.27. The van der Waals surface area contributed by atoms with E-state index in [0.717, 1.165) is 64.0 Å². The van der Waals surface area contributed by atoms with Gasteiger partial charge in [0, 0.05) is 32.2 Å². The molecular weight excluding hydrogens is 305 g/mol. The van der Waals surface area contributed by atoms with E-state index in [9.17, 15) is 9.18 Å². The van der Waals surface area contributed by atoms with Crippen molar-refractivity contribution in [1.29, 1.82) is 0 Å². The number of piperidine rings is 1. The van der Waals surface area contributed by atoms with Crippen LogP contribution in [0, 0.1) is 11.7 Å². The maximum Gasteiger partial charge on any atom is 0.227 e. The van der Waals surface area contributed by atoms with Crippen LogP contribution in [0.1, 0.15) is 31.2 Å². The van der Waals surface area contributed by atoms with Crippen molar-refractivity contribution >= 4 is 5.91 Å². The minimum Gasteiger partial charge on any atom is -0.338 e. The standard InChI is InChI=1S/C19H28FN3O/c1-21-12-18-8-4-10-23(18)19(24)16-6-3-9-22(14-16)13-15-5-2-7-17(20)11-15/h2,5,7,11,16,18,21H,3-4,6,8-10,12-14H2,1H3. The van der Waals surface area contributed by atoms with Crippen LogP contribution < -0.4 is 5.32 Å². The molecule has 24 heavy (non-hydrogen) atoms. The van der Waals surface area contributed by atoms with Gasteiger partial charge in [-0.25, -0.2) is 4.39 Å². The largest absolute Gasteiger partial charge is 0.338 e. The number of likely N-dealkylation sites (tertiary alicyclic amines) is 2. The highest BCUT2D eigenvalue weighted by Gasteiger charge is 2.34. The van der Waals surface area contributed by atoms with Gasteiger partial charge >= 0.3 is 0 Å². The molecule has 0 aromatic heterocycles. The van der Waals surface area contributed by atoms with Gasteiger partial charge in [0.1, 0.15) is 5.82 Å². The highest BCUT2D eigenvalue weighted by atomic mass is 19.1. The summed E-state index contributed by atoms with van der Waals surface area (Å²) in [5.41, 5.74) is 0.984. The number of nitrogens with one attached hydrogen (secondary N) is 1. The first kappa shape index (κ1) is 17.4. The molecule has 3 rings (SSSR count). The fourth-order valence-corrected chi connectivity index (χ4v) is 4.10. The molecule has 5 heteroatoms. The number of hydrogen-bond acceptors (Lipinski definition) is 3. The lowest BCUT2D eigenvalue weighted by molar-refractivity contribution is -0.138. The fourth-order valence-electron chi connectivity index (χ4n) is 4.10. The van der Waals surface area contributed by atoms with E-state index in [1.807, 2.05) is 13.1 Å². The van der Waals surface area contributed by atoms with Gasteiger partial charge in [0.2, 0.25) is 5.91 Å². The SMILES string of the molecule is CNCC1CCCN1C(=O)C1CCCN(Cc2cccc(F)c2)C1. The van der Waals surface area contributed by atoms with Crippen LogP contribution >= 0.6 is 0 Å². The number of nitrogens with zero attached hydrogens (tertiary/aromatic N) is 2. The van der Waals surface area contributed by atoms with Crippen molar-refractivity contribution in [3.05, 3.63) is 35.6 Å². The molecular formula is C19H28FN3O. The second-order valence-electron chi connectivity index (χ2n) is 7.09. The van der Waals surface area contributed by atoms with Crippen LogP contribution in [0.3, 0.4) is 0 Å². The Morgan fingerprint density at radius 3 is 2.92 bits per heavy atom. The molecule has 0 bridgehead atoms. The lowest BCUT2D eigenvalue weighted by Gasteiger charge is -2.35. The molecule has 0 radical (unpaired) electrons. The molecule has 0 saturated carbocycles. The maximum absolute atomic E-state index is 13.4. The number of rotatable bonds is 5. The van der Waals surface area contributed by atoms with Crippen LogP contribution in [-0.4, -0.2) is 55.0 Å². The van der Waals surface area contributed by atoms with Gasteiger partial charge in [0.25, 0.3) is 0 Å². The molecule has 2 fully saturated rings. The van der Waals surface area contributed by atoms with Crippen molar-refractivity contribution in [2.24, 2.45) is 5.92 Å².